The van der Waals surface area contributed by atoms with Crippen LogP contribution < -0.4 is 10.6 Å². The molecule has 200 valence electrons. The molecule has 0 aliphatic carbocycles. The second kappa shape index (κ2) is 17.3. The molecule has 2 aromatic rings. The highest BCUT2D eigenvalue weighted by Crippen LogP contribution is 2.24. The van der Waals surface area contributed by atoms with Crippen molar-refractivity contribution in [1.82, 2.24) is 10.6 Å². The Morgan fingerprint density at radius 1 is 0.730 bits per heavy atom. The van der Waals surface area contributed by atoms with Crippen LogP contribution in [0, 0.1) is 0 Å². The highest BCUT2D eigenvalue weighted by Gasteiger charge is 2.21. The van der Waals surface area contributed by atoms with Gasteiger partial charge in [-0.25, -0.2) is 9.59 Å². The van der Waals surface area contributed by atoms with Crippen LogP contribution in [0.25, 0.3) is 0 Å². The van der Waals surface area contributed by atoms with E-state index in [0.717, 1.165) is 11.1 Å². The van der Waals surface area contributed by atoms with Crippen molar-refractivity contribution in [1.29, 1.82) is 0 Å². The number of aliphatic carboxylic acids is 2. The van der Waals surface area contributed by atoms with Crippen molar-refractivity contribution in [2.24, 2.45) is 0 Å². The lowest BCUT2D eigenvalue weighted by Gasteiger charge is -2.15. The van der Waals surface area contributed by atoms with Gasteiger partial charge in [-0.3, -0.25) is 14.9 Å². The summed E-state index contributed by atoms with van der Waals surface area (Å²) in [5.74, 6) is -1.93. The molecular formula is C25H30N2O8S2. The third-order valence-corrected chi connectivity index (χ3v) is 7.37. The number of nitrogens with one attached hydrogen (secondary N) is 2. The number of carbonyl (C=O) groups is 4. The SMILES string of the molecule is O=C(CN[C@@H](CCSSCC[C@H](NC(=O)OCc1ccccc1)C(=O)O)C(=O)O)OCc1ccccc1. The van der Waals surface area contributed by atoms with Crippen molar-refractivity contribution in [3.05, 3.63) is 71.8 Å². The first-order chi connectivity index (χ1) is 17.8. The van der Waals surface area contributed by atoms with Crippen LogP contribution in [0.3, 0.4) is 0 Å². The fraction of sp³-hybridized carbons (Fsp3) is 0.360. The maximum atomic E-state index is 11.9. The van der Waals surface area contributed by atoms with Gasteiger partial charge >= 0.3 is 24.0 Å². The zero-order chi connectivity index (χ0) is 26.9. The van der Waals surface area contributed by atoms with Crippen molar-refractivity contribution in [3.8, 4) is 0 Å². The molecule has 0 saturated carbocycles. The first-order valence-electron chi connectivity index (χ1n) is 11.5. The van der Waals surface area contributed by atoms with E-state index in [4.69, 9.17) is 9.47 Å². The molecule has 2 rings (SSSR count). The van der Waals surface area contributed by atoms with Crippen molar-refractivity contribution in [2.75, 3.05) is 18.1 Å². The molecule has 0 spiro atoms. The number of carboxylic acids is 2. The van der Waals surface area contributed by atoms with E-state index in [2.05, 4.69) is 10.6 Å². The van der Waals surface area contributed by atoms with Crippen molar-refractivity contribution in [3.63, 3.8) is 0 Å². The summed E-state index contributed by atoms with van der Waals surface area (Å²) in [6.07, 6.45) is -0.390. The molecule has 12 heteroatoms. The predicted molar refractivity (Wildman–Crippen MR) is 141 cm³/mol. The Hall–Kier alpha value is -3.22. The molecule has 2 atom stereocenters. The summed E-state index contributed by atoms with van der Waals surface area (Å²) in [7, 11) is 2.75. The highest BCUT2D eigenvalue weighted by atomic mass is 33.1. The van der Waals surface area contributed by atoms with Gasteiger partial charge in [0.2, 0.25) is 0 Å². The first-order valence-corrected chi connectivity index (χ1v) is 13.9. The number of hydrogen-bond donors (Lipinski definition) is 4. The summed E-state index contributed by atoms with van der Waals surface area (Å²) >= 11 is 0. The fourth-order valence-corrected chi connectivity index (χ4v) is 5.11. The molecule has 0 aliphatic heterocycles. The number of ether oxygens (including phenoxy) is 2. The molecule has 0 radical (unpaired) electrons. The Bertz CT molecular complexity index is 995. The van der Waals surface area contributed by atoms with Gasteiger partial charge in [-0.05, 0) is 24.0 Å². The smallest absolute Gasteiger partial charge is 0.408 e. The summed E-state index contributed by atoms with van der Waals surface area (Å²) in [4.78, 5) is 46.7. The number of esters is 1. The van der Waals surface area contributed by atoms with Gasteiger partial charge in [0, 0.05) is 11.5 Å². The molecule has 0 fully saturated rings. The van der Waals surface area contributed by atoms with Crippen molar-refractivity contribution in [2.45, 2.75) is 38.1 Å². The summed E-state index contributed by atoms with van der Waals surface area (Å²) < 4.78 is 10.2. The van der Waals surface area contributed by atoms with E-state index >= 15 is 0 Å². The molecule has 0 unspecified atom stereocenters. The van der Waals surface area contributed by atoms with Crippen LogP contribution in [0.15, 0.2) is 60.7 Å². The maximum absolute atomic E-state index is 11.9. The highest BCUT2D eigenvalue weighted by molar-refractivity contribution is 8.76. The zero-order valence-electron chi connectivity index (χ0n) is 20.0. The van der Waals surface area contributed by atoms with Gasteiger partial charge in [0.05, 0.1) is 6.54 Å². The Kier molecular flexibility index (Phi) is 14.0. The standard InChI is InChI=1S/C25H30N2O8S2/c28-22(34-16-18-7-3-1-4-8-18)15-26-20(23(29)30)11-13-36-37-14-12-21(24(31)32)27-25(33)35-17-19-9-5-2-6-10-19/h1-10,20-21,26H,11-17H2,(H,27,33)(H,29,30)(H,31,32)/t20-,21-/m0/s1. The van der Waals surface area contributed by atoms with Crippen LogP contribution in [0.2, 0.25) is 0 Å². The van der Waals surface area contributed by atoms with Gasteiger partial charge in [-0.15, -0.1) is 0 Å². The fourth-order valence-electron chi connectivity index (χ4n) is 2.92. The van der Waals surface area contributed by atoms with Crippen LogP contribution >= 0.6 is 21.6 Å². The van der Waals surface area contributed by atoms with E-state index in [1.807, 2.05) is 36.4 Å². The number of alkyl carbamates (subject to hydrolysis) is 1. The molecule has 4 N–H and O–H groups in total. The maximum Gasteiger partial charge on any atom is 0.408 e. The minimum Gasteiger partial charge on any atom is -0.480 e. The lowest BCUT2D eigenvalue weighted by Crippen LogP contribution is -2.41. The van der Waals surface area contributed by atoms with Crippen molar-refractivity contribution >= 4 is 45.6 Å². The average Bonchev–Trinajstić information content (AvgIpc) is 2.90. The van der Waals surface area contributed by atoms with Crippen LogP contribution in [-0.4, -0.2) is 64.3 Å². The molecule has 37 heavy (non-hydrogen) atoms. The largest absolute Gasteiger partial charge is 0.480 e. The third-order valence-electron chi connectivity index (χ3n) is 4.90. The Morgan fingerprint density at radius 2 is 1.22 bits per heavy atom. The summed E-state index contributed by atoms with van der Waals surface area (Å²) in [6, 6.07) is 16.2. The van der Waals surface area contributed by atoms with Gasteiger partial charge in [0.25, 0.3) is 0 Å². The Labute approximate surface area is 222 Å². The number of carboxylic acid groups (broad SMARTS) is 2. The summed E-state index contributed by atoms with van der Waals surface area (Å²) in [5, 5.41) is 23.8. The second-order valence-corrected chi connectivity index (χ2v) is 10.4. The Morgan fingerprint density at radius 3 is 1.73 bits per heavy atom. The van der Waals surface area contributed by atoms with Gasteiger partial charge in [0.15, 0.2) is 0 Å². The molecule has 0 bridgehead atoms. The van der Waals surface area contributed by atoms with Crippen LogP contribution in [0.5, 0.6) is 0 Å². The lowest BCUT2D eigenvalue weighted by molar-refractivity contribution is -0.145. The zero-order valence-corrected chi connectivity index (χ0v) is 21.7. The number of rotatable bonds is 17. The number of benzene rings is 2. The van der Waals surface area contributed by atoms with Gasteiger partial charge in [-0.1, -0.05) is 82.3 Å². The molecule has 0 saturated heterocycles. The van der Waals surface area contributed by atoms with E-state index in [1.165, 1.54) is 21.6 Å². The molecule has 2 aromatic carbocycles. The summed E-state index contributed by atoms with van der Waals surface area (Å²) in [5.41, 5.74) is 1.62. The topological polar surface area (TPSA) is 151 Å². The Balaban J connectivity index is 1.60. The van der Waals surface area contributed by atoms with Crippen LogP contribution in [-0.2, 0) is 37.1 Å². The average molecular weight is 551 g/mol. The number of carbonyl (C=O) groups excluding carboxylic acids is 2. The van der Waals surface area contributed by atoms with E-state index in [-0.39, 0.29) is 32.6 Å². The van der Waals surface area contributed by atoms with E-state index in [1.54, 1.807) is 24.3 Å². The van der Waals surface area contributed by atoms with E-state index in [0.29, 0.717) is 11.5 Å². The molecule has 10 nitrogen and oxygen atoms in total. The minimum atomic E-state index is -1.17. The number of amides is 1. The first kappa shape index (κ1) is 30.0. The quantitative estimate of drug-likeness (QED) is 0.130. The summed E-state index contributed by atoms with van der Waals surface area (Å²) in [6.45, 7) is -0.0798. The number of hydrogen-bond acceptors (Lipinski definition) is 9. The third kappa shape index (κ3) is 13.1. The van der Waals surface area contributed by atoms with Crippen LogP contribution in [0.1, 0.15) is 24.0 Å². The van der Waals surface area contributed by atoms with Gasteiger partial charge in [-0.2, -0.15) is 0 Å². The predicted octanol–water partition coefficient (Wildman–Crippen LogP) is 3.31. The normalized spacial score (nSPS) is 12.2. The van der Waals surface area contributed by atoms with Gasteiger partial charge in [0.1, 0.15) is 25.3 Å². The second-order valence-electron chi connectivity index (χ2n) is 7.74. The molecule has 0 aliphatic rings. The molecule has 1 amide bonds. The van der Waals surface area contributed by atoms with E-state index < -0.39 is 36.1 Å². The monoisotopic (exact) mass is 550 g/mol. The minimum absolute atomic E-state index is 0.0349. The lowest BCUT2D eigenvalue weighted by atomic mass is 10.2. The molecule has 0 heterocycles. The van der Waals surface area contributed by atoms with E-state index in [9.17, 15) is 29.4 Å². The molecule has 0 aromatic heterocycles. The van der Waals surface area contributed by atoms with Crippen molar-refractivity contribution < 1.29 is 38.9 Å². The van der Waals surface area contributed by atoms with Crippen LogP contribution in [0.4, 0.5) is 4.79 Å². The molecular weight excluding hydrogens is 520 g/mol. The van der Waals surface area contributed by atoms with Gasteiger partial charge < -0.3 is 25.0 Å².